The van der Waals surface area contributed by atoms with Gasteiger partial charge in [0, 0.05) is 0 Å². The number of unbranched alkanes of at least 4 members (excludes halogenated alkanes) is 2. The molecule has 0 unspecified atom stereocenters. The molecular formula is C18H28Zr-2. The summed E-state index contributed by atoms with van der Waals surface area (Å²) in [5.74, 6) is 0. The normalized spacial score (nSPS) is 15.5. The minimum Gasteiger partial charge on any atom is -1.00 e. The molecule has 0 fully saturated rings. The van der Waals surface area contributed by atoms with Crippen LogP contribution in [-0.4, -0.2) is 0 Å². The fraction of sp³-hybridized carbons (Fsp3) is 0.556. The van der Waals surface area contributed by atoms with Gasteiger partial charge < -0.3 is 2.85 Å². The van der Waals surface area contributed by atoms with E-state index in [-0.39, 0.29) is 29.1 Å². The van der Waals surface area contributed by atoms with Crippen LogP contribution < -0.4 is 0 Å². The Kier molecular flexibility index (Phi) is 12.7. The van der Waals surface area contributed by atoms with Crippen molar-refractivity contribution < 1.29 is 29.1 Å². The number of hydrogen-bond acceptors (Lipinski definition) is 0. The molecule has 2 aliphatic carbocycles. The second-order valence-electron chi connectivity index (χ2n) is 4.82. The van der Waals surface area contributed by atoms with Gasteiger partial charge in [-0.05, 0) is 0 Å². The fourth-order valence-electron chi connectivity index (χ4n) is 1.98. The molecular weight excluding hydrogens is 307 g/mol. The van der Waals surface area contributed by atoms with Crippen molar-refractivity contribution in [2.24, 2.45) is 0 Å². The molecule has 0 radical (unpaired) electrons. The van der Waals surface area contributed by atoms with Gasteiger partial charge in [0.25, 0.3) is 0 Å². The minimum absolute atomic E-state index is 0. The minimum atomic E-state index is 0. The van der Waals surface area contributed by atoms with E-state index in [0.717, 1.165) is 12.8 Å². The van der Waals surface area contributed by atoms with E-state index in [1.165, 1.54) is 49.7 Å². The maximum Gasteiger partial charge on any atom is 2.00 e. The molecule has 0 nitrogen and oxygen atoms in total. The van der Waals surface area contributed by atoms with Crippen LogP contribution in [0.4, 0.5) is 0 Å². The van der Waals surface area contributed by atoms with Crippen LogP contribution in [0, 0.1) is 12.2 Å². The molecule has 0 N–H and O–H groups in total. The summed E-state index contributed by atoms with van der Waals surface area (Å²) in [6, 6.07) is 0. The summed E-state index contributed by atoms with van der Waals surface area (Å²) >= 11 is 0. The van der Waals surface area contributed by atoms with E-state index in [9.17, 15) is 0 Å². The van der Waals surface area contributed by atoms with Gasteiger partial charge in [-0.2, -0.15) is 12.2 Å². The third-order valence-electron chi connectivity index (χ3n) is 3.13. The van der Waals surface area contributed by atoms with Crippen molar-refractivity contribution in [1.29, 1.82) is 0 Å². The Balaban J connectivity index is -0.000000270. The molecule has 0 spiro atoms. The van der Waals surface area contributed by atoms with Crippen LogP contribution in [0.1, 0.15) is 68.1 Å². The summed E-state index contributed by atoms with van der Waals surface area (Å²) in [6.45, 7) is 4.44. The summed E-state index contributed by atoms with van der Waals surface area (Å²) in [4.78, 5) is 0. The van der Waals surface area contributed by atoms with E-state index in [0.29, 0.717) is 0 Å². The first-order chi connectivity index (χ1) is 8.86. The van der Waals surface area contributed by atoms with Crippen molar-refractivity contribution in [3.63, 3.8) is 0 Å². The summed E-state index contributed by atoms with van der Waals surface area (Å²) in [5.41, 5.74) is 2.83. The Morgan fingerprint density at radius 2 is 1.32 bits per heavy atom. The largest absolute Gasteiger partial charge is 2.00 e. The van der Waals surface area contributed by atoms with Gasteiger partial charge in [0.05, 0.1) is 0 Å². The van der Waals surface area contributed by atoms with Gasteiger partial charge in [0.1, 0.15) is 0 Å². The number of rotatable bonds is 6. The van der Waals surface area contributed by atoms with Crippen molar-refractivity contribution in [3.8, 4) is 0 Å². The molecule has 0 saturated heterocycles. The molecule has 0 aliphatic heterocycles. The maximum absolute atomic E-state index is 3.30. The Morgan fingerprint density at radius 3 is 1.58 bits per heavy atom. The van der Waals surface area contributed by atoms with Gasteiger partial charge in [-0.25, -0.2) is 23.3 Å². The van der Waals surface area contributed by atoms with E-state index in [1.54, 1.807) is 0 Å². The summed E-state index contributed by atoms with van der Waals surface area (Å²) < 4.78 is 0. The van der Waals surface area contributed by atoms with Gasteiger partial charge in [-0.3, -0.25) is 12.2 Å². The maximum atomic E-state index is 3.30. The van der Waals surface area contributed by atoms with E-state index >= 15 is 0 Å². The quantitative estimate of drug-likeness (QED) is 0.526. The monoisotopic (exact) mass is 334 g/mol. The smallest absolute Gasteiger partial charge is 1.00 e. The molecule has 0 aromatic rings. The molecule has 1 heteroatoms. The Hall–Kier alpha value is -0.157. The van der Waals surface area contributed by atoms with Crippen LogP contribution >= 0.6 is 0 Å². The Morgan fingerprint density at radius 1 is 0.895 bits per heavy atom. The van der Waals surface area contributed by atoms with Crippen molar-refractivity contribution in [3.05, 3.63) is 47.6 Å². The number of hydrogen-bond donors (Lipinski definition) is 0. The molecule has 0 atom stereocenters. The van der Waals surface area contributed by atoms with E-state index in [4.69, 9.17) is 0 Å². The Bertz CT molecular complexity index is 307. The SMILES string of the molecule is CCCCC1=[C-]CC=C1.CCCCC1=[C-]CC=C1.[H-].[H-].[Zr+2]. The first kappa shape index (κ1) is 18.8. The summed E-state index contributed by atoms with van der Waals surface area (Å²) in [7, 11) is 0. The van der Waals surface area contributed by atoms with Gasteiger partial charge >= 0.3 is 26.2 Å². The predicted molar refractivity (Wildman–Crippen MR) is 82.3 cm³/mol. The van der Waals surface area contributed by atoms with Crippen LogP contribution in [0.2, 0.25) is 0 Å². The zero-order valence-corrected chi connectivity index (χ0v) is 14.9. The fourth-order valence-corrected chi connectivity index (χ4v) is 1.98. The molecule has 2 rings (SSSR count). The molecule has 2 aliphatic rings. The van der Waals surface area contributed by atoms with E-state index in [2.05, 4.69) is 50.3 Å². The van der Waals surface area contributed by atoms with Crippen LogP contribution in [-0.2, 0) is 26.2 Å². The van der Waals surface area contributed by atoms with Gasteiger partial charge in [-0.1, -0.05) is 52.4 Å². The van der Waals surface area contributed by atoms with Crippen LogP contribution in [0.3, 0.4) is 0 Å². The molecule has 0 amide bonds. The van der Waals surface area contributed by atoms with Gasteiger partial charge in [-0.15, -0.1) is 12.8 Å². The molecule has 19 heavy (non-hydrogen) atoms. The molecule has 0 aromatic heterocycles. The molecule has 106 valence electrons. The van der Waals surface area contributed by atoms with Crippen LogP contribution in [0.5, 0.6) is 0 Å². The molecule has 0 saturated carbocycles. The average molecular weight is 336 g/mol. The van der Waals surface area contributed by atoms with E-state index < -0.39 is 0 Å². The average Bonchev–Trinajstić information content (AvgIpc) is 3.07. The van der Waals surface area contributed by atoms with Gasteiger partial charge in [0.2, 0.25) is 0 Å². The summed E-state index contributed by atoms with van der Waals surface area (Å²) in [5, 5.41) is 0. The van der Waals surface area contributed by atoms with Crippen molar-refractivity contribution in [2.75, 3.05) is 0 Å². The van der Waals surface area contributed by atoms with Crippen molar-refractivity contribution in [1.82, 2.24) is 0 Å². The Labute approximate surface area is 141 Å². The third-order valence-corrected chi connectivity index (χ3v) is 3.13. The topological polar surface area (TPSA) is 0 Å². The first-order valence-electron chi connectivity index (χ1n) is 7.39. The first-order valence-corrected chi connectivity index (χ1v) is 7.39. The van der Waals surface area contributed by atoms with Crippen LogP contribution in [0.15, 0.2) is 35.5 Å². The second-order valence-corrected chi connectivity index (χ2v) is 4.82. The van der Waals surface area contributed by atoms with Crippen molar-refractivity contribution >= 4 is 0 Å². The van der Waals surface area contributed by atoms with Crippen molar-refractivity contribution in [2.45, 2.75) is 65.2 Å². The van der Waals surface area contributed by atoms with E-state index in [1.807, 2.05) is 0 Å². The molecule has 0 bridgehead atoms. The third kappa shape index (κ3) is 9.39. The predicted octanol–water partition coefficient (Wildman–Crippen LogP) is 5.95. The molecule has 0 aromatic carbocycles. The zero-order valence-electron chi connectivity index (χ0n) is 14.5. The summed E-state index contributed by atoms with van der Waals surface area (Å²) in [6.07, 6.45) is 25.1. The van der Waals surface area contributed by atoms with Crippen LogP contribution in [0.25, 0.3) is 0 Å². The standard InChI is InChI=1S/2C9H13.Zr.2H/c2*1-2-3-6-9-7-4-5-8-9;;;/h2*4,7H,2-3,5-6H2,1H3;;;/q2*-1;+2;2*-1. The number of allylic oxidation sites excluding steroid dienone is 8. The zero-order chi connectivity index (χ0) is 13.1. The second kappa shape index (κ2) is 12.9. The van der Waals surface area contributed by atoms with Gasteiger partial charge in [0.15, 0.2) is 0 Å². The molecule has 0 heterocycles.